The van der Waals surface area contributed by atoms with Crippen molar-refractivity contribution in [3.63, 3.8) is 0 Å². The van der Waals surface area contributed by atoms with Gasteiger partial charge >= 0.3 is 0 Å². The Hall–Kier alpha value is -2.13. The Morgan fingerprint density at radius 2 is 1.81 bits per heavy atom. The van der Waals surface area contributed by atoms with E-state index in [-0.39, 0.29) is 5.78 Å². The lowest BCUT2D eigenvalue weighted by atomic mass is 10.1. The number of benzene rings is 2. The second-order valence-corrected chi connectivity index (χ2v) is 5.84. The van der Waals surface area contributed by atoms with Crippen LogP contribution in [0.3, 0.4) is 0 Å². The summed E-state index contributed by atoms with van der Waals surface area (Å²) in [5, 5.41) is 0.991. The van der Waals surface area contributed by atoms with Crippen LogP contribution in [0.2, 0.25) is 0 Å². The van der Waals surface area contributed by atoms with Crippen molar-refractivity contribution in [3.8, 4) is 0 Å². The smallest absolute Gasteiger partial charge is 0.188 e. The number of halogens is 1. The molecule has 0 N–H and O–H groups in total. The summed E-state index contributed by atoms with van der Waals surface area (Å²) in [4.78, 5) is 12.4. The molecule has 0 spiro atoms. The highest BCUT2D eigenvalue weighted by molar-refractivity contribution is 9.10. The summed E-state index contributed by atoms with van der Waals surface area (Å²) in [7, 11) is 1.96. The SMILES string of the molecule is Cn1cc(C(=O)/C=C/c2ccc(Br)cc2)c2ccccc21. The van der Waals surface area contributed by atoms with Crippen molar-refractivity contribution in [2.45, 2.75) is 0 Å². The molecule has 0 bridgehead atoms. The topological polar surface area (TPSA) is 22.0 Å². The zero-order valence-electron chi connectivity index (χ0n) is 11.6. The third-order valence-electron chi connectivity index (χ3n) is 3.46. The minimum atomic E-state index is 0.0229. The van der Waals surface area contributed by atoms with Gasteiger partial charge in [-0.15, -0.1) is 0 Å². The van der Waals surface area contributed by atoms with Gasteiger partial charge in [0.1, 0.15) is 0 Å². The maximum atomic E-state index is 12.4. The van der Waals surface area contributed by atoms with Crippen LogP contribution in [-0.2, 0) is 7.05 Å². The van der Waals surface area contributed by atoms with Gasteiger partial charge in [0.15, 0.2) is 5.78 Å². The minimum absolute atomic E-state index is 0.0229. The van der Waals surface area contributed by atoms with Crippen molar-refractivity contribution in [1.29, 1.82) is 0 Å². The Morgan fingerprint density at radius 3 is 2.57 bits per heavy atom. The first-order valence-corrected chi connectivity index (χ1v) is 7.46. The van der Waals surface area contributed by atoms with E-state index in [4.69, 9.17) is 0 Å². The molecule has 3 heteroatoms. The van der Waals surface area contributed by atoms with E-state index in [9.17, 15) is 4.79 Å². The normalized spacial score (nSPS) is 11.3. The number of hydrogen-bond acceptors (Lipinski definition) is 1. The first kappa shape index (κ1) is 13.8. The number of ketones is 1. The predicted octanol–water partition coefficient (Wildman–Crippen LogP) is 4.84. The van der Waals surface area contributed by atoms with Crippen LogP contribution in [0.15, 0.2) is 65.3 Å². The lowest BCUT2D eigenvalue weighted by molar-refractivity contribution is 0.104. The fraction of sp³-hybridized carbons (Fsp3) is 0.0556. The van der Waals surface area contributed by atoms with Crippen LogP contribution in [0.4, 0.5) is 0 Å². The molecule has 0 aliphatic heterocycles. The molecule has 0 atom stereocenters. The quantitative estimate of drug-likeness (QED) is 0.494. The van der Waals surface area contributed by atoms with Crippen molar-refractivity contribution < 1.29 is 4.79 Å². The summed E-state index contributed by atoms with van der Waals surface area (Å²) in [5.74, 6) is 0.0229. The van der Waals surface area contributed by atoms with Crippen LogP contribution in [0.1, 0.15) is 15.9 Å². The first-order valence-electron chi connectivity index (χ1n) is 6.67. The molecule has 0 saturated heterocycles. The van der Waals surface area contributed by atoms with E-state index in [0.29, 0.717) is 0 Å². The molecule has 0 aliphatic carbocycles. The van der Waals surface area contributed by atoms with Gasteiger partial charge in [0.05, 0.1) is 0 Å². The van der Waals surface area contributed by atoms with Gasteiger partial charge in [-0.1, -0.05) is 52.3 Å². The summed E-state index contributed by atoms with van der Waals surface area (Å²) in [5.41, 5.74) is 2.81. The molecule has 21 heavy (non-hydrogen) atoms. The zero-order chi connectivity index (χ0) is 14.8. The highest BCUT2D eigenvalue weighted by Crippen LogP contribution is 2.21. The van der Waals surface area contributed by atoms with Gasteiger partial charge < -0.3 is 4.57 Å². The monoisotopic (exact) mass is 339 g/mol. The largest absolute Gasteiger partial charge is 0.350 e. The number of fused-ring (bicyclic) bond motifs is 1. The third kappa shape index (κ3) is 2.83. The molecule has 2 aromatic carbocycles. The van der Waals surface area contributed by atoms with E-state index in [2.05, 4.69) is 15.9 Å². The van der Waals surface area contributed by atoms with E-state index in [0.717, 1.165) is 26.5 Å². The van der Waals surface area contributed by atoms with Crippen LogP contribution < -0.4 is 0 Å². The van der Waals surface area contributed by atoms with Crippen LogP contribution in [0.5, 0.6) is 0 Å². The van der Waals surface area contributed by atoms with Crippen LogP contribution in [0.25, 0.3) is 17.0 Å². The first-order chi connectivity index (χ1) is 10.1. The maximum absolute atomic E-state index is 12.4. The van der Waals surface area contributed by atoms with E-state index in [1.165, 1.54) is 0 Å². The molecule has 1 heterocycles. The van der Waals surface area contributed by atoms with Crippen molar-refractivity contribution in [1.82, 2.24) is 4.57 Å². The fourth-order valence-electron chi connectivity index (χ4n) is 2.37. The molecule has 0 saturated carbocycles. The van der Waals surface area contributed by atoms with Crippen LogP contribution in [-0.4, -0.2) is 10.4 Å². The van der Waals surface area contributed by atoms with Crippen LogP contribution in [0, 0.1) is 0 Å². The molecule has 3 aromatic rings. The van der Waals surface area contributed by atoms with Gasteiger partial charge in [-0.25, -0.2) is 0 Å². The summed E-state index contributed by atoms with van der Waals surface area (Å²) in [6.45, 7) is 0. The molecule has 0 fully saturated rings. The van der Waals surface area contributed by atoms with E-state index in [1.54, 1.807) is 6.08 Å². The molecular weight excluding hydrogens is 326 g/mol. The van der Waals surface area contributed by atoms with Crippen LogP contribution >= 0.6 is 15.9 Å². The second kappa shape index (κ2) is 5.70. The predicted molar refractivity (Wildman–Crippen MR) is 90.4 cm³/mol. The number of carbonyl (C=O) groups excluding carboxylic acids is 1. The van der Waals surface area contributed by atoms with E-state index in [1.807, 2.05) is 72.4 Å². The number of allylic oxidation sites excluding steroid dienone is 1. The Kier molecular flexibility index (Phi) is 3.76. The minimum Gasteiger partial charge on any atom is -0.350 e. The number of aromatic nitrogens is 1. The standard InChI is InChI=1S/C18H14BrNO/c1-20-12-16(15-4-2-3-5-17(15)20)18(21)11-8-13-6-9-14(19)10-7-13/h2-12H,1H3/b11-8+. The summed E-state index contributed by atoms with van der Waals surface area (Å²) < 4.78 is 3.01. The Labute approximate surface area is 131 Å². The molecule has 2 nitrogen and oxygen atoms in total. The Morgan fingerprint density at radius 1 is 1.10 bits per heavy atom. The highest BCUT2D eigenvalue weighted by Gasteiger charge is 2.10. The molecule has 0 aliphatic rings. The molecule has 1 aromatic heterocycles. The van der Waals surface area contributed by atoms with Gasteiger partial charge in [0.2, 0.25) is 0 Å². The Bertz CT molecular complexity index is 828. The number of aryl methyl sites for hydroxylation is 1. The molecular formula is C18H14BrNO. The zero-order valence-corrected chi connectivity index (χ0v) is 13.2. The number of hydrogen-bond donors (Lipinski definition) is 0. The van der Waals surface area contributed by atoms with Gasteiger partial charge in [0, 0.05) is 34.2 Å². The van der Waals surface area contributed by atoms with Crippen molar-refractivity contribution in [2.24, 2.45) is 7.05 Å². The number of rotatable bonds is 3. The second-order valence-electron chi connectivity index (χ2n) is 4.92. The molecule has 104 valence electrons. The van der Waals surface area contributed by atoms with Gasteiger partial charge in [-0.05, 0) is 29.8 Å². The summed E-state index contributed by atoms with van der Waals surface area (Å²) in [6, 6.07) is 15.8. The molecule has 0 amide bonds. The maximum Gasteiger partial charge on any atom is 0.188 e. The average molecular weight is 340 g/mol. The van der Waals surface area contributed by atoms with Gasteiger partial charge in [-0.2, -0.15) is 0 Å². The van der Waals surface area contributed by atoms with Crippen molar-refractivity contribution >= 4 is 38.7 Å². The lowest BCUT2D eigenvalue weighted by Crippen LogP contribution is -1.92. The summed E-state index contributed by atoms with van der Waals surface area (Å²) in [6.07, 6.45) is 5.36. The number of carbonyl (C=O) groups is 1. The van der Waals surface area contributed by atoms with E-state index >= 15 is 0 Å². The van der Waals surface area contributed by atoms with E-state index < -0.39 is 0 Å². The molecule has 0 unspecified atom stereocenters. The molecule has 0 radical (unpaired) electrons. The van der Waals surface area contributed by atoms with Gasteiger partial charge in [-0.3, -0.25) is 4.79 Å². The third-order valence-corrected chi connectivity index (χ3v) is 3.99. The van der Waals surface area contributed by atoms with Crippen molar-refractivity contribution in [2.75, 3.05) is 0 Å². The lowest BCUT2D eigenvalue weighted by Gasteiger charge is -1.95. The number of nitrogens with zero attached hydrogens (tertiary/aromatic N) is 1. The highest BCUT2D eigenvalue weighted by atomic mass is 79.9. The fourth-order valence-corrected chi connectivity index (χ4v) is 2.64. The molecule has 3 rings (SSSR count). The van der Waals surface area contributed by atoms with Gasteiger partial charge in [0.25, 0.3) is 0 Å². The number of para-hydroxylation sites is 1. The average Bonchev–Trinajstić information content (AvgIpc) is 2.84. The van der Waals surface area contributed by atoms with Crippen molar-refractivity contribution in [3.05, 3.63) is 76.4 Å². The Balaban J connectivity index is 1.92. The summed E-state index contributed by atoms with van der Waals surface area (Å²) >= 11 is 3.40.